The Kier molecular flexibility index (Phi) is 4.75. The van der Waals surface area contributed by atoms with Gasteiger partial charge in [0.1, 0.15) is 0 Å². The fourth-order valence-corrected chi connectivity index (χ4v) is 2.99. The predicted molar refractivity (Wildman–Crippen MR) is 66.1 cm³/mol. The van der Waals surface area contributed by atoms with E-state index in [2.05, 4.69) is 0 Å². The number of hydrogen-bond donors (Lipinski definition) is 0. The van der Waals surface area contributed by atoms with Crippen LogP contribution >= 0.6 is 0 Å². The maximum absolute atomic E-state index is 12.7. The van der Waals surface area contributed by atoms with Gasteiger partial charge >= 0.3 is 137 Å². The molecule has 0 nitrogen and oxygen atoms in total. The van der Waals surface area contributed by atoms with E-state index in [1.807, 2.05) is 0 Å². The standard InChI is InChI=1S/C15H8F6.Hf/c16-14(17,18)12-5-1-3-10(8-12)7-11-4-2-6-13(9-11)15(19,20)21;/h1-6,8-9H;/q;+2. The van der Waals surface area contributed by atoms with E-state index in [-0.39, 0.29) is 0 Å². The van der Waals surface area contributed by atoms with Crippen LogP contribution in [0.5, 0.6) is 0 Å². The summed E-state index contributed by atoms with van der Waals surface area (Å²) in [7, 11) is 0. The second kappa shape index (κ2) is 6.10. The minimum atomic E-state index is -4.48. The van der Waals surface area contributed by atoms with Gasteiger partial charge in [0.05, 0.1) is 0 Å². The number of alkyl halides is 6. The van der Waals surface area contributed by atoms with Crippen molar-refractivity contribution < 1.29 is 50.2 Å². The molecule has 0 aliphatic carbocycles. The first-order valence-corrected chi connectivity index (χ1v) is 7.82. The minimum absolute atomic E-state index is 0.292. The summed E-state index contributed by atoms with van der Waals surface area (Å²) in [5, 5.41) is 0. The molecule has 0 spiro atoms. The Balaban J connectivity index is 2.41. The molecule has 0 N–H and O–H groups in total. The zero-order valence-electron chi connectivity index (χ0n) is 10.9. The average molecular weight is 481 g/mol. The summed E-state index contributed by atoms with van der Waals surface area (Å²) in [6.07, 6.45) is -8.96. The molecule has 0 amide bonds. The first-order chi connectivity index (χ1) is 10.1. The molecule has 22 heavy (non-hydrogen) atoms. The topological polar surface area (TPSA) is 0 Å². The fraction of sp³-hybridized carbons (Fsp3) is 0.133. The van der Waals surface area contributed by atoms with Crippen LogP contribution in [0.25, 0.3) is 0 Å². The molecule has 0 saturated heterocycles. The number of hydrogen-bond acceptors (Lipinski definition) is 0. The third kappa shape index (κ3) is 3.94. The van der Waals surface area contributed by atoms with E-state index < -0.39 is 23.5 Å². The zero-order valence-corrected chi connectivity index (χ0v) is 14.5. The Morgan fingerprint density at radius 1 is 0.682 bits per heavy atom. The van der Waals surface area contributed by atoms with Crippen molar-refractivity contribution in [2.24, 2.45) is 0 Å². The number of halogens is 6. The van der Waals surface area contributed by atoms with Crippen molar-refractivity contribution in [2.75, 3.05) is 0 Å². The van der Waals surface area contributed by atoms with Crippen molar-refractivity contribution in [1.82, 2.24) is 0 Å². The van der Waals surface area contributed by atoms with E-state index in [1.54, 1.807) is 0 Å². The van der Waals surface area contributed by atoms with Crippen LogP contribution in [-0.4, -0.2) is 3.26 Å². The van der Waals surface area contributed by atoms with Gasteiger partial charge in [-0.25, -0.2) is 0 Å². The Bertz CT molecular complexity index is 640. The van der Waals surface area contributed by atoms with Crippen molar-refractivity contribution in [1.29, 1.82) is 0 Å². The molecule has 0 aromatic heterocycles. The summed E-state index contributed by atoms with van der Waals surface area (Å²) < 4.78 is 76.7. The van der Waals surface area contributed by atoms with Crippen LogP contribution in [0.1, 0.15) is 22.3 Å². The van der Waals surface area contributed by atoms with Crippen LogP contribution in [-0.2, 0) is 36.2 Å². The molecular weight excluding hydrogens is 473 g/mol. The quantitative estimate of drug-likeness (QED) is 0.426. The summed E-state index contributed by atoms with van der Waals surface area (Å²) in [6.45, 7) is 0. The Morgan fingerprint density at radius 3 is 1.36 bits per heavy atom. The van der Waals surface area contributed by atoms with Gasteiger partial charge in [-0.15, -0.1) is 0 Å². The fourth-order valence-electron chi connectivity index (χ4n) is 1.87. The third-order valence-corrected chi connectivity index (χ3v) is 5.03. The normalized spacial score (nSPS) is 12.4. The molecule has 0 atom stereocenters. The molecule has 0 saturated carbocycles. The van der Waals surface area contributed by atoms with Crippen LogP contribution in [0.3, 0.4) is 0 Å². The summed E-state index contributed by atoms with van der Waals surface area (Å²) in [6, 6.07) is 9.24. The van der Waals surface area contributed by atoms with Gasteiger partial charge in [0.15, 0.2) is 0 Å². The first kappa shape index (κ1) is 17.1. The second-order valence-electron chi connectivity index (χ2n) is 4.53. The molecule has 7 heteroatoms. The van der Waals surface area contributed by atoms with Gasteiger partial charge in [0.2, 0.25) is 0 Å². The van der Waals surface area contributed by atoms with Crippen LogP contribution in [0, 0.1) is 0 Å². The molecule has 0 bridgehead atoms. The van der Waals surface area contributed by atoms with Gasteiger partial charge < -0.3 is 0 Å². The molecule has 0 unspecified atom stereocenters. The van der Waals surface area contributed by atoms with Gasteiger partial charge in [-0.05, 0) is 0 Å². The summed E-state index contributed by atoms with van der Waals surface area (Å²) in [5.74, 6) is 0. The molecule has 2 aromatic rings. The SMILES string of the molecule is FC(F)(F)c1cccc([C](=[Hf+2])c2cccc(C(F)(F)F)c2)c1. The molecule has 0 heterocycles. The molecule has 2 aromatic carbocycles. The van der Waals surface area contributed by atoms with Crippen LogP contribution in [0.15, 0.2) is 48.5 Å². The molecule has 0 aliphatic heterocycles. The van der Waals surface area contributed by atoms with E-state index >= 15 is 0 Å². The summed E-state index contributed by atoms with van der Waals surface area (Å²) >= 11 is 0.316. The van der Waals surface area contributed by atoms with Crippen LogP contribution in [0.2, 0.25) is 0 Å². The van der Waals surface area contributed by atoms with E-state index in [4.69, 9.17) is 0 Å². The Labute approximate surface area is 136 Å². The van der Waals surface area contributed by atoms with E-state index in [9.17, 15) is 26.3 Å². The maximum atomic E-state index is 12.7. The van der Waals surface area contributed by atoms with Crippen molar-refractivity contribution in [3.05, 3.63) is 70.8 Å². The number of rotatable bonds is 2. The number of benzene rings is 2. The van der Waals surface area contributed by atoms with E-state index in [0.717, 1.165) is 24.3 Å². The molecular formula is C15H8F6Hf+2. The van der Waals surface area contributed by atoms with Crippen molar-refractivity contribution in [2.45, 2.75) is 12.4 Å². The van der Waals surface area contributed by atoms with Gasteiger partial charge in [-0.3, -0.25) is 0 Å². The van der Waals surface area contributed by atoms with Gasteiger partial charge in [0.25, 0.3) is 0 Å². The Morgan fingerprint density at radius 2 is 1.05 bits per heavy atom. The van der Waals surface area contributed by atoms with Crippen LogP contribution in [0.4, 0.5) is 26.3 Å². The van der Waals surface area contributed by atoms with E-state index in [0.29, 0.717) is 38.3 Å². The third-order valence-electron chi connectivity index (χ3n) is 2.96. The van der Waals surface area contributed by atoms with E-state index in [1.165, 1.54) is 24.3 Å². The molecule has 112 valence electrons. The van der Waals surface area contributed by atoms with Crippen molar-refractivity contribution in [3.63, 3.8) is 0 Å². The van der Waals surface area contributed by atoms with Crippen LogP contribution < -0.4 is 0 Å². The Hall–Kier alpha value is -1.24. The average Bonchev–Trinajstić information content (AvgIpc) is 2.45. The zero-order chi connectivity index (χ0) is 16.5. The van der Waals surface area contributed by atoms with Gasteiger partial charge in [0, 0.05) is 0 Å². The van der Waals surface area contributed by atoms with Gasteiger partial charge in [-0.1, -0.05) is 0 Å². The second-order valence-corrected chi connectivity index (χ2v) is 6.33. The molecule has 0 fully saturated rings. The van der Waals surface area contributed by atoms with Gasteiger partial charge in [-0.2, -0.15) is 0 Å². The molecule has 0 aliphatic rings. The monoisotopic (exact) mass is 482 g/mol. The van der Waals surface area contributed by atoms with Crippen molar-refractivity contribution in [3.8, 4) is 0 Å². The first-order valence-electron chi connectivity index (χ1n) is 6.03. The summed E-state index contributed by atoms with van der Waals surface area (Å²) in [5.41, 5.74) is -1.04. The summed E-state index contributed by atoms with van der Waals surface area (Å²) in [4.78, 5) is 0. The molecule has 2 rings (SSSR count). The molecule has 0 radical (unpaired) electrons. The predicted octanol–water partition coefficient (Wildman–Crippen LogP) is 4.84. The van der Waals surface area contributed by atoms with Crippen molar-refractivity contribution >= 4 is 3.26 Å².